The molecular weight excluding hydrogens is 390 g/mol. The number of carbonyl (C=O) groups excluding carboxylic acids is 1. The number of hydrogen-bond acceptors (Lipinski definition) is 6. The van der Waals surface area contributed by atoms with E-state index >= 15 is 0 Å². The second-order valence-corrected chi connectivity index (χ2v) is 7.98. The number of benzene rings is 1. The number of halogens is 1. The van der Waals surface area contributed by atoms with E-state index in [0.717, 1.165) is 25.9 Å². The number of rotatable bonds is 6. The summed E-state index contributed by atoms with van der Waals surface area (Å²) in [7, 11) is 0. The predicted octanol–water partition coefficient (Wildman–Crippen LogP) is 3.19. The quantitative estimate of drug-likeness (QED) is 0.781. The molecule has 1 saturated heterocycles. The first-order valence-electron chi connectivity index (χ1n) is 9.58. The molecule has 0 atom stereocenters. The number of nitriles is 1. The van der Waals surface area contributed by atoms with E-state index in [4.69, 9.17) is 16.3 Å². The summed E-state index contributed by atoms with van der Waals surface area (Å²) in [4.78, 5) is 23.1. The minimum absolute atomic E-state index is 0.157. The van der Waals surface area contributed by atoms with Crippen LogP contribution < -0.4 is 15.0 Å². The standard InChI is InChI=1S/C21H24ClN5O2/c1-21(2,29-17-5-3-16(22)4-6-17)20(28)26-14-15-7-11-27(12-8-15)19-18(13-23)24-9-10-25-19/h3-6,9-10,15H,7-8,11-12,14H2,1-2H3,(H,26,28). The van der Waals surface area contributed by atoms with Crippen LogP contribution in [0.25, 0.3) is 0 Å². The summed E-state index contributed by atoms with van der Waals surface area (Å²) in [6.07, 6.45) is 4.93. The Labute approximate surface area is 175 Å². The summed E-state index contributed by atoms with van der Waals surface area (Å²) in [5.41, 5.74) is -0.643. The van der Waals surface area contributed by atoms with Gasteiger partial charge in [0.2, 0.25) is 0 Å². The summed E-state index contributed by atoms with van der Waals surface area (Å²) < 4.78 is 5.83. The van der Waals surface area contributed by atoms with Gasteiger partial charge in [-0.2, -0.15) is 5.26 Å². The number of carbonyl (C=O) groups is 1. The summed E-state index contributed by atoms with van der Waals surface area (Å²) in [5.74, 6) is 1.44. The molecule has 2 heterocycles. The number of nitrogens with one attached hydrogen (secondary N) is 1. The fraction of sp³-hybridized carbons (Fsp3) is 0.429. The van der Waals surface area contributed by atoms with Crippen LogP contribution in [0.4, 0.5) is 5.82 Å². The van der Waals surface area contributed by atoms with Gasteiger partial charge in [-0.1, -0.05) is 11.6 Å². The van der Waals surface area contributed by atoms with E-state index < -0.39 is 5.60 Å². The number of nitrogens with zero attached hydrogens (tertiary/aromatic N) is 4. The zero-order valence-corrected chi connectivity index (χ0v) is 17.3. The lowest BCUT2D eigenvalue weighted by Gasteiger charge is -2.33. The van der Waals surface area contributed by atoms with Crippen molar-refractivity contribution in [1.29, 1.82) is 5.26 Å². The molecule has 1 aromatic carbocycles. The average Bonchev–Trinajstić information content (AvgIpc) is 2.74. The van der Waals surface area contributed by atoms with Crippen LogP contribution in [0, 0.1) is 17.2 Å². The fourth-order valence-electron chi connectivity index (χ4n) is 3.28. The van der Waals surface area contributed by atoms with Crippen molar-refractivity contribution in [2.75, 3.05) is 24.5 Å². The van der Waals surface area contributed by atoms with Crippen LogP contribution in [-0.2, 0) is 4.79 Å². The molecule has 1 aliphatic rings. The van der Waals surface area contributed by atoms with Gasteiger partial charge in [-0.05, 0) is 56.9 Å². The van der Waals surface area contributed by atoms with Crippen LogP contribution in [0.3, 0.4) is 0 Å². The normalized spacial score (nSPS) is 14.9. The predicted molar refractivity (Wildman–Crippen MR) is 111 cm³/mol. The molecule has 0 unspecified atom stereocenters. The lowest BCUT2D eigenvalue weighted by atomic mass is 9.96. The van der Waals surface area contributed by atoms with Gasteiger partial charge in [0.1, 0.15) is 11.8 Å². The maximum Gasteiger partial charge on any atom is 0.263 e. The van der Waals surface area contributed by atoms with Crippen LogP contribution in [0.2, 0.25) is 5.02 Å². The molecule has 1 aromatic heterocycles. The minimum atomic E-state index is -0.990. The van der Waals surface area contributed by atoms with Gasteiger partial charge in [0, 0.05) is 37.1 Å². The minimum Gasteiger partial charge on any atom is -0.478 e. The smallest absolute Gasteiger partial charge is 0.263 e. The Kier molecular flexibility index (Phi) is 6.55. The molecule has 0 bridgehead atoms. The summed E-state index contributed by atoms with van der Waals surface area (Å²) in [6, 6.07) is 9.04. The van der Waals surface area contributed by atoms with Gasteiger partial charge < -0.3 is 15.0 Å². The zero-order valence-electron chi connectivity index (χ0n) is 16.6. The maximum absolute atomic E-state index is 12.6. The summed E-state index contributed by atoms with van der Waals surface area (Å²) in [5, 5.41) is 12.8. The third kappa shape index (κ3) is 5.36. The van der Waals surface area contributed by atoms with E-state index in [1.54, 1.807) is 44.3 Å². The zero-order chi connectivity index (χ0) is 20.9. The van der Waals surface area contributed by atoms with E-state index in [1.807, 2.05) is 0 Å². The molecule has 0 radical (unpaired) electrons. The highest BCUT2D eigenvalue weighted by atomic mass is 35.5. The highest BCUT2D eigenvalue weighted by Crippen LogP contribution is 2.24. The highest BCUT2D eigenvalue weighted by Gasteiger charge is 2.31. The van der Waals surface area contributed by atoms with Crippen molar-refractivity contribution in [3.8, 4) is 11.8 Å². The van der Waals surface area contributed by atoms with Gasteiger partial charge in [0.15, 0.2) is 17.1 Å². The van der Waals surface area contributed by atoms with Gasteiger partial charge in [0.05, 0.1) is 0 Å². The van der Waals surface area contributed by atoms with Crippen LogP contribution in [0.15, 0.2) is 36.7 Å². The van der Waals surface area contributed by atoms with Gasteiger partial charge >= 0.3 is 0 Å². The fourth-order valence-corrected chi connectivity index (χ4v) is 3.41. The molecule has 1 fully saturated rings. The van der Waals surface area contributed by atoms with E-state index in [1.165, 1.54) is 6.20 Å². The van der Waals surface area contributed by atoms with Gasteiger partial charge in [-0.15, -0.1) is 0 Å². The molecule has 7 nitrogen and oxygen atoms in total. The van der Waals surface area contributed by atoms with Crippen LogP contribution in [0.1, 0.15) is 32.4 Å². The van der Waals surface area contributed by atoms with Crippen molar-refractivity contribution in [3.63, 3.8) is 0 Å². The number of amides is 1. The Bertz CT molecular complexity index is 887. The lowest BCUT2D eigenvalue weighted by Crippen LogP contribution is -2.48. The number of hydrogen-bond donors (Lipinski definition) is 1. The second kappa shape index (κ2) is 9.10. The average molecular weight is 414 g/mol. The molecule has 152 valence electrons. The number of aromatic nitrogens is 2. The van der Waals surface area contributed by atoms with Crippen LogP contribution >= 0.6 is 11.6 Å². The molecule has 1 aliphatic heterocycles. The maximum atomic E-state index is 12.6. The topological polar surface area (TPSA) is 91.1 Å². The van der Waals surface area contributed by atoms with E-state index in [2.05, 4.69) is 26.3 Å². The second-order valence-electron chi connectivity index (χ2n) is 7.55. The Morgan fingerprint density at radius 2 is 1.93 bits per heavy atom. The van der Waals surface area contributed by atoms with Crippen LogP contribution in [0.5, 0.6) is 5.75 Å². The molecule has 2 aromatic rings. The van der Waals surface area contributed by atoms with E-state index in [-0.39, 0.29) is 5.91 Å². The SMILES string of the molecule is CC(C)(Oc1ccc(Cl)cc1)C(=O)NCC1CCN(c2nccnc2C#N)CC1. The van der Waals surface area contributed by atoms with Crippen molar-refractivity contribution in [3.05, 3.63) is 47.4 Å². The molecular formula is C21H24ClN5O2. The summed E-state index contributed by atoms with van der Waals surface area (Å²) in [6.45, 7) is 5.64. The van der Waals surface area contributed by atoms with Gasteiger partial charge in [-0.25, -0.2) is 9.97 Å². The molecule has 0 spiro atoms. The molecule has 29 heavy (non-hydrogen) atoms. The monoisotopic (exact) mass is 413 g/mol. The van der Waals surface area contributed by atoms with Gasteiger partial charge in [-0.3, -0.25) is 4.79 Å². The molecule has 1 N–H and O–H groups in total. The molecule has 0 aliphatic carbocycles. The first kappa shape index (κ1) is 20.9. The van der Waals surface area contributed by atoms with Crippen molar-refractivity contribution >= 4 is 23.3 Å². The first-order chi connectivity index (χ1) is 13.9. The molecule has 3 rings (SSSR count). The van der Waals surface area contributed by atoms with Crippen LogP contribution in [-0.4, -0.2) is 41.1 Å². The Morgan fingerprint density at radius 1 is 1.28 bits per heavy atom. The lowest BCUT2D eigenvalue weighted by molar-refractivity contribution is -0.134. The summed E-state index contributed by atoms with van der Waals surface area (Å²) >= 11 is 5.89. The Balaban J connectivity index is 1.49. The third-order valence-electron chi connectivity index (χ3n) is 4.98. The molecule has 1 amide bonds. The third-order valence-corrected chi connectivity index (χ3v) is 5.24. The van der Waals surface area contributed by atoms with Crippen molar-refractivity contribution in [1.82, 2.24) is 15.3 Å². The van der Waals surface area contributed by atoms with Gasteiger partial charge in [0.25, 0.3) is 5.91 Å². The van der Waals surface area contributed by atoms with E-state index in [0.29, 0.717) is 34.7 Å². The van der Waals surface area contributed by atoms with Crippen molar-refractivity contribution < 1.29 is 9.53 Å². The van der Waals surface area contributed by atoms with E-state index in [9.17, 15) is 10.1 Å². The molecule has 0 saturated carbocycles. The largest absolute Gasteiger partial charge is 0.478 e. The Morgan fingerprint density at radius 3 is 2.59 bits per heavy atom. The first-order valence-corrected chi connectivity index (χ1v) is 9.96. The number of anilines is 1. The highest BCUT2D eigenvalue weighted by molar-refractivity contribution is 6.30. The molecule has 8 heteroatoms. The number of ether oxygens (including phenoxy) is 1. The Hall–Kier alpha value is -2.85. The van der Waals surface area contributed by atoms with Crippen molar-refractivity contribution in [2.24, 2.45) is 5.92 Å². The van der Waals surface area contributed by atoms with Crippen molar-refractivity contribution in [2.45, 2.75) is 32.3 Å². The number of piperidine rings is 1.